The van der Waals surface area contributed by atoms with Crippen LogP contribution in [0.4, 0.5) is 26.4 Å². The van der Waals surface area contributed by atoms with Crippen molar-refractivity contribution in [1.82, 2.24) is 9.97 Å². The second-order valence-corrected chi connectivity index (χ2v) is 8.02. The SMILES string of the molecule is C#[N+][C@H]1COC[C@@H]1OC(=O)Nc1cc2cc(-c3cnc4c(c3C)NCCO4)c(F)c(N)c2cn1. The van der Waals surface area contributed by atoms with E-state index in [1.54, 1.807) is 18.3 Å². The van der Waals surface area contributed by atoms with Gasteiger partial charge in [0.05, 0.1) is 12.3 Å². The lowest BCUT2D eigenvalue weighted by Crippen LogP contribution is -2.30. The minimum atomic E-state index is -0.730. The Morgan fingerprint density at radius 3 is 3.00 bits per heavy atom. The number of hydrogen-bond acceptors (Lipinski definition) is 8. The van der Waals surface area contributed by atoms with E-state index in [1.165, 1.54) is 6.20 Å². The summed E-state index contributed by atoms with van der Waals surface area (Å²) in [7, 11) is 0. The molecule has 0 aliphatic carbocycles. The molecule has 1 amide bonds. The number of anilines is 3. The van der Waals surface area contributed by atoms with Gasteiger partial charge in [-0.1, -0.05) is 4.85 Å². The van der Waals surface area contributed by atoms with Crippen molar-refractivity contribution in [2.45, 2.75) is 19.1 Å². The van der Waals surface area contributed by atoms with Gasteiger partial charge in [0, 0.05) is 35.5 Å². The van der Waals surface area contributed by atoms with Gasteiger partial charge in [0.1, 0.15) is 24.7 Å². The van der Waals surface area contributed by atoms with Gasteiger partial charge in [-0.15, -0.1) is 0 Å². The monoisotopic (exact) mass is 465 g/mol. The molecule has 4 N–H and O–H groups in total. The highest BCUT2D eigenvalue weighted by molar-refractivity contribution is 5.99. The van der Waals surface area contributed by atoms with E-state index in [9.17, 15) is 4.79 Å². The number of benzene rings is 1. The highest BCUT2D eigenvalue weighted by atomic mass is 19.1. The van der Waals surface area contributed by atoms with Crippen molar-refractivity contribution in [3.05, 3.63) is 40.8 Å². The molecule has 2 aliphatic heterocycles. The maximum absolute atomic E-state index is 15.3. The topological polar surface area (TPSA) is 125 Å². The largest absolute Gasteiger partial charge is 0.474 e. The molecule has 3 aromatic rings. The van der Waals surface area contributed by atoms with Gasteiger partial charge < -0.3 is 25.3 Å². The number of aromatic nitrogens is 2. The lowest BCUT2D eigenvalue weighted by Gasteiger charge is -2.22. The molecule has 174 valence electrons. The van der Waals surface area contributed by atoms with E-state index in [1.807, 2.05) is 6.92 Å². The number of carbonyl (C=O) groups is 1. The van der Waals surface area contributed by atoms with Crippen molar-refractivity contribution in [3.63, 3.8) is 0 Å². The van der Waals surface area contributed by atoms with Crippen LogP contribution < -0.4 is 21.1 Å². The summed E-state index contributed by atoms with van der Waals surface area (Å²) in [6.45, 7) is 8.81. The molecule has 10 nitrogen and oxygen atoms in total. The Morgan fingerprint density at radius 1 is 1.32 bits per heavy atom. The van der Waals surface area contributed by atoms with E-state index in [0.717, 1.165) is 11.3 Å². The molecule has 0 saturated carbocycles. The summed E-state index contributed by atoms with van der Waals surface area (Å²) in [4.78, 5) is 24.5. The number of amides is 1. The van der Waals surface area contributed by atoms with Crippen molar-refractivity contribution in [2.75, 3.05) is 42.7 Å². The highest BCUT2D eigenvalue weighted by Gasteiger charge is 2.39. The van der Waals surface area contributed by atoms with Gasteiger partial charge in [-0.3, -0.25) is 5.32 Å². The minimum absolute atomic E-state index is 0.0500. The van der Waals surface area contributed by atoms with Crippen molar-refractivity contribution in [3.8, 4) is 23.6 Å². The van der Waals surface area contributed by atoms with Gasteiger partial charge in [-0.05, 0) is 30.0 Å². The Bertz CT molecular complexity index is 1340. The molecule has 11 heteroatoms. The summed E-state index contributed by atoms with van der Waals surface area (Å²) in [5.74, 6) is 0.118. The summed E-state index contributed by atoms with van der Waals surface area (Å²) in [6.07, 6.45) is 1.65. The number of halogens is 1. The Labute approximate surface area is 194 Å². The van der Waals surface area contributed by atoms with Crippen molar-refractivity contribution < 1.29 is 23.4 Å². The summed E-state index contributed by atoms with van der Waals surface area (Å²) >= 11 is 0. The summed E-state index contributed by atoms with van der Waals surface area (Å²) in [6, 6.07) is 2.82. The number of nitrogens with zero attached hydrogens (tertiary/aromatic N) is 3. The molecule has 0 bridgehead atoms. The van der Waals surface area contributed by atoms with Crippen LogP contribution in [0.15, 0.2) is 24.5 Å². The smallest absolute Gasteiger partial charge is 0.413 e. The number of rotatable bonds is 3. The molecule has 34 heavy (non-hydrogen) atoms. The Hall–Kier alpha value is -4.17. The molecule has 2 atom stereocenters. The van der Waals surface area contributed by atoms with Crippen molar-refractivity contribution >= 4 is 34.1 Å². The molecule has 0 radical (unpaired) electrons. The zero-order valence-electron chi connectivity index (χ0n) is 18.3. The lowest BCUT2D eigenvalue weighted by atomic mass is 9.97. The van der Waals surface area contributed by atoms with Crippen LogP contribution in [0.1, 0.15) is 5.56 Å². The van der Waals surface area contributed by atoms with Crippen LogP contribution >= 0.6 is 0 Å². The number of nitrogen functional groups attached to an aromatic ring is 1. The second kappa shape index (κ2) is 8.64. The molecule has 1 aromatic carbocycles. The van der Waals surface area contributed by atoms with Crippen molar-refractivity contribution in [2.24, 2.45) is 0 Å². The average Bonchev–Trinajstić information content (AvgIpc) is 3.29. The van der Waals surface area contributed by atoms with Gasteiger partial charge >= 0.3 is 12.1 Å². The first-order valence-corrected chi connectivity index (χ1v) is 10.7. The predicted octanol–water partition coefficient (Wildman–Crippen LogP) is 3.41. The molecule has 4 heterocycles. The first-order chi connectivity index (χ1) is 16.5. The van der Waals surface area contributed by atoms with Crippen LogP contribution in [0.5, 0.6) is 5.88 Å². The summed E-state index contributed by atoms with van der Waals surface area (Å²) < 4.78 is 31.4. The first-order valence-electron chi connectivity index (χ1n) is 10.7. The van der Waals surface area contributed by atoms with Gasteiger partial charge in [-0.25, -0.2) is 19.2 Å². The Balaban J connectivity index is 1.47. The molecule has 2 aromatic heterocycles. The van der Waals surface area contributed by atoms with Crippen LogP contribution in [0.2, 0.25) is 0 Å². The van der Waals surface area contributed by atoms with E-state index in [0.29, 0.717) is 35.4 Å². The second-order valence-electron chi connectivity index (χ2n) is 8.02. The number of nitrogens with one attached hydrogen (secondary N) is 2. The summed E-state index contributed by atoms with van der Waals surface area (Å²) in [5.41, 5.74) is 8.43. The zero-order valence-corrected chi connectivity index (χ0v) is 18.3. The lowest BCUT2D eigenvalue weighted by molar-refractivity contribution is 0.0921. The fraction of sp³-hybridized carbons (Fsp3) is 0.304. The van der Waals surface area contributed by atoms with Gasteiger partial charge in [0.2, 0.25) is 12.0 Å². The van der Waals surface area contributed by atoms with Gasteiger partial charge in [0.15, 0.2) is 5.82 Å². The number of nitrogens with two attached hydrogens (primary N) is 1. The third-order valence-electron chi connectivity index (χ3n) is 5.92. The van der Waals surface area contributed by atoms with E-state index in [4.69, 9.17) is 26.5 Å². The standard InChI is InChI=1S/C23H21FN6O4/c1-11-14(7-29-22-21(11)27-3-4-33-22)13-5-12-6-18(28-8-15(12)20(25)19(13)24)30-23(31)34-17-10-32-9-16(17)26-2/h2,5-8,16-17,27H,3-4,9-10H2,1H3,(H2-,25,28,30,31)/p+1/t16-,17-/m0/s1. The van der Waals surface area contributed by atoms with Gasteiger partial charge in [0.25, 0.3) is 6.57 Å². The maximum Gasteiger partial charge on any atom is 0.413 e. The number of fused-ring (bicyclic) bond motifs is 2. The van der Waals surface area contributed by atoms with Crippen LogP contribution in [-0.2, 0) is 9.47 Å². The van der Waals surface area contributed by atoms with Crippen LogP contribution in [0.3, 0.4) is 0 Å². The van der Waals surface area contributed by atoms with E-state index in [-0.39, 0.29) is 30.3 Å². The molecule has 2 aliphatic rings. The van der Waals surface area contributed by atoms with E-state index >= 15 is 4.39 Å². The fourth-order valence-corrected chi connectivity index (χ4v) is 4.10. The fourth-order valence-electron chi connectivity index (χ4n) is 4.10. The first kappa shape index (κ1) is 21.7. The van der Waals surface area contributed by atoms with Crippen molar-refractivity contribution in [1.29, 1.82) is 0 Å². The van der Waals surface area contributed by atoms with Gasteiger partial charge in [-0.2, -0.15) is 0 Å². The van der Waals surface area contributed by atoms with E-state index in [2.05, 4.69) is 25.4 Å². The van der Waals surface area contributed by atoms with Crippen LogP contribution in [0, 0.1) is 19.3 Å². The normalized spacial score (nSPS) is 19.0. The predicted molar refractivity (Wildman–Crippen MR) is 125 cm³/mol. The number of pyridine rings is 2. The van der Waals surface area contributed by atoms with Crippen LogP contribution in [-0.4, -0.2) is 54.6 Å². The molecule has 0 spiro atoms. The number of carbonyl (C=O) groups excluding carboxylic acids is 1. The molecule has 5 rings (SSSR count). The average molecular weight is 465 g/mol. The molecule has 0 unspecified atom stereocenters. The molecule has 1 saturated heterocycles. The number of ether oxygens (including phenoxy) is 3. The minimum Gasteiger partial charge on any atom is -0.474 e. The zero-order chi connectivity index (χ0) is 23.8. The molecule has 1 fully saturated rings. The summed E-state index contributed by atoms with van der Waals surface area (Å²) in [5, 5.41) is 6.81. The Kier molecular flexibility index (Phi) is 5.51. The quantitative estimate of drug-likeness (QED) is 0.503. The van der Waals surface area contributed by atoms with Crippen LogP contribution in [0.25, 0.3) is 26.7 Å². The third kappa shape index (κ3) is 3.78. The highest BCUT2D eigenvalue weighted by Crippen LogP contribution is 2.39. The Morgan fingerprint density at radius 2 is 2.18 bits per heavy atom. The molecular weight excluding hydrogens is 443 g/mol. The van der Waals surface area contributed by atoms with E-state index < -0.39 is 24.1 Å². The maximum atomic E-state index is 15.3. The third-order valence-corrected chi connectivity index (χ3v) is 5.92. The number of hydrogen-bond donors (Lipinski definition) is 3. The molecular formula is C23H22FN6O4+.